The molecule has 0 bridgehead atoms. The van der Waals surface area contributed by atoms with Crippen molar-refractivity contribution < 1.29 is 19.1 Å². The molecule has 18 heavy (non-hydrogen) atoms. The highest BCUT2D eigenvalue weighted by atomic mass is 16.5. The van der Waals surface area contributed by atoms with Crippen molar-refractivity contribution in [2.45, 2.75) is 31.8 Å². The third-order valence-corrected chi connectivity index (χ3v) is 3.11. The lowest BCUT2D eigenvalue weighted by atomic mass is 10.2. The van der Waals surface area contributed by atoms with Gasteiger partial charge in [0.15, 0.2) is 0 Å². The van der Waals surface area contributed by atoms with Crippen LogP contribution in [0.25, 0.3) is 0 Å². The Morgan fingerprint density at radius 2 is 1.78 bits per heavy atom. The predicted octanol–water partition coefficient (Wildman–Crippen LogP) is -1.06. The van der Waals surface area contributed by atoms with Gasteiger partial charge in [-0.25, -0.2) is 0 Å². The largest absolute Gasteiger partial charge is 0.368 e. The Kier molecular flexibility index (Phi) is 4.14. The third kappa shape index (κ3) is 2.98. The molecule has 0 aromatic heterocycles. The highest BCUT2D eigenvalue weighted by molar-refractivity contribution is 6.35. The topological polar surface area (TPSA) is 87.7 Å². The molecule has 100 valence electrons. The minimum Gasteiger partial charge on any atom is -0.368 e. The first kappa shape index (κ1) is 12.8. The number of amides is 3. The summed E-state index contributed by atoms with van der Waals surface area (Å²) in [4.78, 5) is 36.1. The van der Waals surface area contributed by atoms with Crippen LogP contribution in [0.15, 0.2) is 0 Å². The van der Waals surface area contributed by atoms with Gasteiger partial charge in [0.1, 0.15) is 6.10 Å². The molecule has 2 rings (SSSR count). The van der Waals surface area contributed by atoms with E-state index in [0.29, 0.717) is 26.1 Å². The number of rotatable bonds is 1. The van der Waals surface area contributed by atoms with Crippen molar-refractivity contribution in [3.05, 3.63) is 0 Å². The van der Waals surface area contributed by atoms with Crippen molar-refractivity contribution in [1.29, 1.82) is 0 Å². The molecular formula is C11H17N3O4. The molecule has 0 spiro atoms. The standard InChI is InChI=1S/C11H17N3O4/c15-9(8-4-3-7-18-8)12-13-10(16)11(17)14-5-1-2-6-14/h8H,1-7H2,(H,12,15)(H,13,16)/t8-/m1/s1. The van der Waals surface area contributed by atoms with Gasteiger partial charge in [-0.15, -0.1) is 0 Å². The lowest BCUT2D eigenvalue weighted by Crippen LogP contribution is -2.51. The number of carbonyl (C=O) groups is 3. The molecule has 7 heteroatoms. The monoisotopic (exact) mass is 255 g/mol. The molecular weight excluding hydrogens is 238 g/mol. The van der Waals surface area contributed by atoms with Gasteiger partial charge >= 0.3 is 11.8 Å². The quantitative estimate of drug-likeness (QED) is 0.461. The van der Waals surface area contributed by atoms with Crippen LogP contribution >= 0.6 is 0 Å². The van der Waals surface area contributed by atoms with E-state index in [1.54, 1.807) is 0 Å². The first-order valence-electron chi connectivity index (χ1n) is 6.19. The van der Waals surface area contributed by atoms with E-state index in [0.717, 1.165) is 19.3 Å². The van der Waals surface area contributed by atoms with Crippen molar-refractivity contribution in [2.24, 2.45) is 0 Å². The van der Waals surface area contributed by atoms with E-state index in [2.05, 4.69) is 10.9 Å². The fourth-order valence-electron chi connectivity index (χ4n) is 2.10. The normalized spacial score (nSPS) is 22.9. The van der Waals surface area contributed by atoms with Crippen LogP contribution in [0.4, 0.5) is 0 Å². The van der Waals surface area contributed by atoms with E-state index in [9.17, 15) is 14.4 Å². The second kappa shape index (κ2) is 5.81. The third-order valence-electron chi connectivity index (χ3n) is 3.11. The molecule has 0 aromatic carbocycles. The average molecular weight is 255 g/mol. The maximum absolute atomic E-state index is 11.6. The average Bonchev–Trinajstić information content (AvgIpc) is 3.05. The maximum Gasteiger partial charge on any atom is 0.327 e. The van der Waals surface area contributed by atoms with Gasteiger partial charge in [0, 0.05) is 19.7 Å². The minimum atomic E-state index is -0.803. The molecule has 0 aliphatic carbocycles. The summed E-state index contributed by atoms with van der Waals surface area (Å²) in [7, 11) is 0. The zero-order valence-corrected chi connectivity index (χ0v) is 10.1. The van der Waals surface area contributed by atoms with Crippen molar-refractivity contribution in [1.82, 2.24) is 15.8 Å². The summed E-state index contributed by atoms with van der Waals surface area (Å²) in [5.41, 5.74) is 4.34. The molecule has 1 atom stereocenters. The van der Waals surface area contributed by atoms with Crippen LogP contribution in [0.3, 0.4) is 0 Å². The van der Waals surface area contributed by atoms with E-state index in [1.807, 2.05) is 0 Å². The Morgan fingerprint density at radius 3 is 2.39 bits per heavy atom. The Balaban J connectivity index is 1.73. The van der Waals surface area contributed by atoms with Gasteiger partial charge in [0.2, 0.25) is 0 Å². The Labute approximate surface area is 105 Å². The maximum atomic E-state index is 11.6. The van der Waals surface area contributed by atoms with Gasteiger partial charge in [-0.1, -0.05) is 0 Å². The number of hydrazine groups is 1. The van der Waals surface area contributed by atoms with Gasteiger partial charge in [0.05, 0.1) is 0 Å². The molecule has 2 aliphatic rings. The fourth-order valence-corrected chi connectivity index (χ4v) is 2.10. The molecule has 2 saturated heterocycles. The molecule has 0 radical (unpaired) electrons. The van der Waals surface area contributed by atoms with Crippen LogP contribution < -0.4 is 10.9 Å². The number of hydrogen-bond donors (Lipinski definition) is 2. The molecule has 2 heterocycles. The molecule has 2 N–H and O–H groups in total. The first-order valence-corrected chi connectivity index (χ1v) is 6.19. The number of nitrogens with zero attached hydrogens (tertiary/aromatic N) is 1. The second-order valence-electron chi connectivity index (χ2n) is 4.44. The number of likely N-dealkylation sites (tertiary alicyclic amines) is 1. The highest BCUT2D eigenvalue weighted by Gasteiger charge is 2.27. The van der Waals surface area contributed by atoms with Gasteiger partial charge in [-0.05, 0) is 25.7 Å². The van der Waals surface area contributed by atoms with Crippen LogP contribution in [-0.4, -0.2) is 48.4 Å². The number of ether oxygens (including phenoxy) is 1. The lowest BCUT2D eigenvalue weighted by molar-refractivity contribution is -0.147. The van der Waals surface area contributed by atoms with Crippen molar-refractivity contribution in [3.63, 3.8) is 0 Å². The summed E-state index contributed by atoms with van der Waals surface area (Å²) in [5, 5.41) is 0. The van der Waals surface area contributed by atoms with Gasteiger partial charge in [0.25, 0.3) is 5.91 Å². The highest BCUT2D eigenvalue weighted by Crippen LogP contribution is 2.11. The van der Waals surface area contributed by atoms with Crippen molar-refractivity contribution in [2.75, 3.05) is 19.7 Å². The Morgan fingerprint density at radius 1 is 1.06 bits per heavy atom. The van der Waals surface area contributed by atoms with Gasteiger partial charge < -0.3 is 9.64 Å². The molecule has 2 aliphatic heterocycles. The number of carbonyl (C=O) groups excluding carboxylic acids is 3. The summed E-state index contributed by atoms with van der Waals surface area (Å²) < 4.78 is 5.15. The Bertz CT molecular complexity index is 346. The second-order valence-corrected chi connectivity index (χ2v) is 4.44. The summed E-state index contributed by atoms with van der Waals surface area (Å²) in [6.45, 7) is 1.76. The summed E-state index contributed by atoms with van der Waals surface area (Å²) in [6.07, 6.45) is 2.79. The van der Waals surface area contributed by atoms with E-state index >= 15 is 0 Å². The summed E-state index contributed by atoms with van der Waals surface area (Å²) >= 11 is 0. The predicted molar refractivity (Wildman–Crippen MR) is 61.1 cm³/mol. The molecule has 0 saturated carbocycles. The summed E-state index contributed by atoms with van der Waals surface area (Å²) in [6, 6.07) is 0. The molecule has 7 nitrogen and oxygen atoms in total. The van der Waals surface area contributed by atoms with Gasteiger partial charge in [-0.2, -0.15) is 0 Å². The van der Waals surface area contributed by atoms with E-state index in [4.69, 9.17) is 4.74 Å². The van der Waals surface area contributed by atoms with Crippen molar-refractivity contribution in [3.8, 4) is 0 Å². The summed E-state index contributed by atoms with van der Waals surface area (Å²) in [5.74, 6) is -1.81. The number of nitrogens with one attached hydrogen (secondary N) is 2. The first-order chi connectivity index (χ1) is 8.68. The minimum absolute atomic E-state index is 0.407. The molecule has 3 amide bonds. The van der Waals surface area contributed by atoms with Gasteiger partial charge in [-0.3, -0.25) is 25.2 Å². The number of hydrogen-bond acceptors (Lipinski definition) is 4. The lowest BCUT2D eigenvalue weighted by Gasteiger charge is -2.15. The molecule has 2 fully saturated rings. The Hall–Kier alpha value is -1.63. The van der Waals surface area contributed by atoms with Crippen LogP contribution in [0.1, 0.15) is 25.7 Å². The van der Waals surface area contributed by atoms with Crippen molar-refractivity contribution >= 4 is 17.7 Å². The van der Waals surface area contributed by atoms with Crippen LogP contribution in [0.2, 0.25) is 0 Å². The zero-order chi connectivity index (χ0) is 13.0. The zero-order valence-electron chi connectivity index (χ0n) is 10.1. The molecule has 0 unspecified atom stereocenters. The van der Waals surface area contributed by atoms with E-state index in [1.165, 1.54) is 4.90 Å². The fraction of sp³-hybridized carbons (Fsp3) is 0.727. The van der Waals surface area contributed by atoms with Crippen LogP contribution in [0.5, 0.6) is 0 Å². The molecule has 0 aromatic rings. The van der Waals surface area contributed by atoms with Crippen LogP contribution in [0, 0.1) is 0 Å². The van der Waals surface area contributed by atoms with E-state index < -0.39 is 23.8 Å². The van der Waals surface area contributed by atoms with Crippen LogP contribution in [-0.2, 0) is 19.1 Å². The SMILES string of the molecule is O=C(NNC(=O)[C@H]1CCCO1)C(=O)N1CCCC1. The van der Waals surface area contributed by atoms with E-state index in [-0.39, 0.29) is 0 Å². The smallest absolute Gasteiger partial charge is 0.327 e.